The van der Waals surface area contributed by atoms with Gasteiger partial charge in [0.2, 0.25) is 0 Å². The van der Waals surface area contributed by atoms with Crippen LogP contribution in [0.2, 0.25) is 10.0 Å². The van der Waals surface area contributed by atoms with Crippen molar-refractivity contribution in [1.29, 1.82) is 0 Å². The fourth-order valence-corrected chi connectivity index (χ4v) is 4.13. The SMILES string of the molecule is Cc1ccc(C)c(/C(O)=C2\C(=O)C(=O)N(c3ccc(F)c(Cl)c3)C2c2ccc(Cl)cc2)c1. The van der Waals surface area contributed by atoms with Gasteiger partial charge in [-0.1, -0.05) is 53.0 Å². The van der Waals surface area contributed by atoms with Crippen molar-refractivity contribution in [2.75, 3.05) is 4.90 Å². The van der Waals surface area contributed by atoms with Gasteiger partial charge in [0.25, 0.3) is 11.7 Å². The average molecular weight is 470 g/mol. The number of aliphatic hydroxyl groups is 1. The molecule has 0 spiro atoms. The molecule has 0 saturated carbocycles. The normalized spacial score (nSPS) is 17.8. The lowest BCUT2D eigenvalue weighted by molar-refractivity contribution is -0.132. The molecule has 0 bridgehead atoms. The topological polar surface area (TPSA) is 57.6 Å². The number of benzene rings is 3. The summed E-state index contributed by atoms with van der Waals surface area (Å²) in [5.41, 5.74) is 2.82. The van der Waals surface area contributed by atoms with E-state index < -0.39 is 23.5 Å². The Morgan fingerprint density at radius 2 is 1.66 bits per heavy atom. The van der Waals surface area contributed by atoms with Crippen molar-refractivity contribution in [2.45, 2.75) is 19.9 Å². The summed E-state index contributed by atoms with van der Waals surface area (Å²) in [5, 5.41) is 11.5. The summed E-state index contributed by atoms with van der Waals surface area (Å²) in [6.45, 7) is 3.67. The maximum Gasteiger partial charge on any atom is 0.300 e. The van der Waals surface area contributed by atoms with Gasteiger partial charge >= 0.3 is 0 Å². The van der Waals surface area contributed by atoms with Gasteiger partial charge in [-0.15, -0.1) is 0 Å². The lowest BCUT2D eigenvalue weighted by Gasteiger charge is -2.26. The maximum absolute atomic E-state index is 13.8. The van der Waals surface area contributed by atoms with Crippen molar-refractivity contribution in [3.8, 4) is 0 Å². The Kier molecular flexibility index (Phi) is 5.80. The summed E-state index contributed by atoms with van der Waals surface area (Å²) in [6, 6.07) is 14.9. The molecule has 4 nitrogen and oxygen atoms in total. The van der Waals surface area contributed by atoms with E-state index in [9.17, 15) is 19.1 Å². The number of hydrogen-bond acceptors (Lipinski definition) is 3. The number of carbonyl (C=O) groups is 2. The highest BCUT2D eigenvalue weighted by molar-refractivity contribution is 6.52. The summed E-state index contributed by atoms with van der Waals surface area (Å²) >= 11 is 12.0. The molecule has 1 aliphatic rings. The number of aliphatic hydroxyl groups excluding tert-OH is 1. The number of ketones is 1. The predicted octanol–water partition coefficient (Wildman–Crippen LogP) is 6.38. The fourth-order valence-electron chi connectivity index (χ4n) is 3.83. The predicted molar refractivity (Wildman–Crippen MR) is 124 cm³/mol. The zero-order chi connectivity index (χ0) is 23.2. The van der Waals surface area contributed by atoms with Crippen molar-refractivity contribution >= 4 is 46.3 Å². The second-order valence-corrected chi connectivity index (χ2v) is 8.48. The number of nitrogens with zero attached hydrogens (tertiary/aromatic N) is 1. The zero-order valence-electron chi connectivity index (χ0n) is 17.2. The molecule has 1 fully saturated rings. The number of aryl methyl sites for hydroxylation is 2. The quantitative estimate of drug-likeness (QED) is 0.275. The Balaban J connectivity index is 1.99. The van der Waals surface area contributed by atoms with Crippen molar-refractivity contribution in [2.24, 2.45) is 0 Å². The molecule has 162 valence electrons. The minimum atomic E-state index is -0.950. The van der Waals surface area contributed by atoms with Gasteiger partial charge in [-0.2, -0.15) is 0 Å². The lowest BCUT2D eigenvalue weighted by Crippen LogP contribution is -2.29. The van der Waals surface area contributed by atoms with Crippen molar-refractivity contribution < 1.29 is 19.1 Å². The van der Waals surface area contributed by atoms with E-state index in [4.69, 9.17) is 23.2 Å². The molecule has 0 aliphatic carbocycles. The number of rotatable bonds is 3. The number of hydrogen-bond donors (Lipinski definition) is 1. The molecule has 3 aromatic carbocycles. The monoisotopic (exact) mass is 469 g/mol. The van der Waals surface area contributed by atoms with E-state index in [2.05, 4.69) is 0 Å². The molecular formula is C25H18Cl2FNO3. The molecule has 1 unspecified atom stereocenters. The third kappa shape index (κ3) is 3.78. The fraction of sp³-hybridized carbons (Fsp3) is 0.120. The Morgan fingerprint density at radius 1 is 0.969 bits per heavy atom. The molecule has 1 atom stereocenters. The highest BCUT2D eigenvalue weighted by Crippen LogP contribution is 2.43. The van der Waals surface area contributed by atoms with E-state index in [-0.39, 0.29) is 22.0 Å². The van der Waals surface area contributed by atoms with Gasteiger partial charge in [-0.05, 0) is 61.4 Å². The lowest BCUT2D eigenvalue weighted by atomic mass is 9.93. The van der Waals surface area contributed by atoms with Crippen LogP contribution in [-0.2, 0) is 9.59 Å². The highest BCUT2D eigenvalue weighted by atomic mass is 35.5. The van der Waals surface area contributed by atoms with Crippen LogP contribution in [0.4, 0.5) is 10.1 Å². The first-order valence-corrected chi connectivity index (χ1v) is 10.5. The van der Waals surface area contributed by atoms with Crippen LogP contribution >= 0.6 is 23.2 Å². The first kappa shape index (κ1) is 22.1. The molecule has 1 N–H and O–H groups in total. The summed E-state index contributed by atoms with van der Waals surface area (Å²) in [7, 11) is 0. The third-order valence-electron chi connectivity index (χ3n) is 5.46. The van der Waals surface area contributed by atoms with Gasteiger partial charge in [0.1, 0.15) is 11.6 Å². The molecule has 0 aromatic heterocycles. The standard InChI is InChI=1S/C25H18Cl2FNO3/c1-13-3-4-14(2)18(11-13)23(30)21-22(15-5-7-16(26)8-6-15)29(25(32)24(21)31)17-9-10-20(28)19(27)12-17/h3-12,22,30H,1-2H3/b23-21+. The van der Waals surface area contributed by atoms with Crippen LogP contribution in [0.1, 0.15) is 28.3 Å². The molecule has 7 heteroatoms. The molecule has 0 radical (unpaired) electrons. The average Bonchev–Trinajstić information content (AvgIpc) is 3.02. The van der Waals surface area contributed by atoms with Crippen LogP contribution in [0.5, 0.6) is 0 Å². The van der Waals surface area contributed by atoms with Crippen molar-refractivity contribution in [1.82, 2.24) is 0 Å². The number of carbonyl (C=O) groups excluding carboxylic acids is 2. The Bertz CT molecular complexity index is 1280. The molecule has 1 aliphatic heterocycles. The Hall–Kier alpha value is -3.15. The zero-order valence-corrected chi connectivity index (χ0v) is 18.7. The number of halogens is 3. The molecule has 1 amide bonds. The van der Waals surface area contributed by atoms with Crippen LogP contribution in [0, 0.1) is 19.7 Å². The number of Topliss-reactive ketones (excluding diaryl/α,β-unsaturated/α-hetero) is 1. The molecule has 1 saturated heterocycles. The second-order valence-electron chi connectivity index (χ2n) is 7.64. The highest BCUT2D eigenvalue weighted by Gasteiger charge is 2.47. The van der Waals surface area contributed by atoms with E-state index in [1.165, 1.54) is 17.0 Å². The van der Waals surface area contributed by atoms with Gasteiger partial charge in [0.05, 0.1) is 16.6 Å². The molecule has 3 aromatic rings. The number of anilines is 1. The molecule has 32 heavy (non-hydrogen) atoms. The van der Waals surface area contributed by atoms with Gasteiger partial charge in [-0.3, -0.25) is 14.5 Å². The van der Waals surface area contributed by atoms with E-state index in [0.29, 0.717) is 16.1 Å². The van der Waals surface area contributed by atoms with E-state index in [0.717, 1.165) is 17.2 Å². The van der Waals surface area contributed by atoms with E-state index >= 15 is 0 Å². The van der Waals surface area contributed by atoms with Crippen molar-refractivity contribution in [3.05, 3.63) is 104 Å². The smallest absolute Gasteiger partial charge is 0.300 e. The summed E-state index contributed by atoms with van der Waals surface area (Å²) in [4.78, 5) is 27.5. The summed E-state index contributed by atoms with van der Waals surface area (Å²) in [6.07, 6.45) is 0. The first-order valence-electron chi connectivity index (χ1n) is 9.78. The van der Waals surface area contributed by atoms with Gasteiger partial charge in [0.15, 0.2) is 0 Å². The molecule has 4 rings (SSSR count). The molecule has 1 heterocycles. The van der Waals surface area contributed by atoms with Crippen LogP contribution in [-0.4, -0.2) is 16.8 Å². The summed E-state index contributed by atoms with van der Waals surface area (Å²) in [5.74, 6) is -2.62. The Labute approximate surface area is 194 Å². The summed E-state index contributed by atoms with van der Waals surface area (Å²) < 4.78 is 13.8. The van der Waals surface area contributed by atoms with Crippen LogP contribution in [0.3, 0.4) is 0 Å². The van der Waals surface area contributed by atoms with Crippen LogP contribution in [0.25, 0.3) is 5.76 Å². The van der Waals surface area contributed by atoms with Crippen LogP contribution in [0.15, 0.2) is 66.2 Å². The Morgan fingerprint density at radius 3 is 2.31 bits per heavy atom. The van der Waals surface area contributed by atoms with E-state index in [1.807, 2.05) is 26.0 Å². The van der Waals surface area contributed by atoms with Gasteiger partial charge < -0.3 is 5.11 Å². The van der Waals surface area contributed by atoms with Gasteiger partial charge in [-0.25, -0.2) is 4.39 Å². The minimum absolute atomic E-state index is 0.0635. The maximum atomic E-state index is 13.8. The van der Waals surface area contributed by atoms with E-state index in [1.54, 1.807) is 30.3 Å². The largest absolute Gasteiger partial charge is 0.507 e. The van der Waals surface area contributed by atoms with Gasteiger partial charge in [0, 0.05) is 16.3 Å². The number of amides is 1. The molecular weight excluding hydrogens is 452 g/mol. The minimum Gasteiger partial charge on any atom is -0.507 e. The van der Waals surface area contributed by atoms with Crippen molar-refractivity contribution in [3.63, 3.8) is 0 Å². The first-order chi connectivity index (χ1) is 15.2. The third-order valence-corrected chi connectivity index (χ3v) is 6.00. The van der Waals surface area contributed by atoms with Crippen LogP contribution < -0.4 is 4.90 Å². The second kappa shape index (κ2) is 8.41.